The number of aliphatic imine (C=N–C) groups is 1. The Labute approximate surface area is 163 Å². The second-order valence-corrected chi connectivity index (χ2v) is 6.67. The van der Waals surface area contributed by atoms with Gasteiger partial charge in [-0.1, -0.05) is 13.8 Å². The first-order chi connectivity index (χ1) is 11.1. The Bertz CT molecular complexity index is 517. The molecular formula is C18H31IN4O. The maximum absolute atomic E-state index is 5.90. The van der Waals surface area contributed by atoms with E-state index in [9.17, 15) is 0 Å². The van der Waals surface area contributed by atoms with Gasteiger partial charge in [0.05, 0.1) is 12.6 Å². The molecule has 1 aliphatic carbocycles. The quantitative estimate of drug-likeness (QED) is 0.363. The number of halogens is 1. The third kappa shape index (κ3) is 8.17. The van der Waals surface area contributed by atoms with Gasteiger partial charge in [-0.3, -0.25) is 0 Å². The molecule has 1 unspecified atom stereocenters. The van der Waals surface area contributed by atoms with E-state index < -0.39 is 0 Å². The van der Waals surface area contributed by atoms with Crippen LogP contribution < -0.4 is 15.4 Å². The summed E-state index contributed by atoms with van der Waals surface area (Å²) < 4.78 is 5.90. The molecule has 0 bridgehead atoms. The summed E-state index contributed by atoms with van der Waals surface area (Å²) in [7, 11) is 0. The van der Waals surface area contributed by atoms with Crippen molar-refractivity contribution in [1.29, 1.82) is 0 Å². The van der Waals surface area contributed by atoms with E-state index in [0.717, 1.165) is 24.5 Å². The van der Waals surface area contributed by atoms with Crippen LogP contribution in [0.5, 0.6) is 5.88 Å². The first-order valence-electron chi connectivity index (χ1n) is 8.73. The zero-order valence-electron chi connectivity index (χ0n) is 15.2. The highest BCUT2D eigenvalue weighted by Crippen LogP contribution is 2.18. The van der Waals surface area contributed by atoms with Crippen molar-refractivity contribution >= 4 is 29.9 Å². The van der Waals surface area contributed by atoms with Crippen LogP contribution in [-0.2, 0) is 6.54 Å². The summed E-state index contributed by atoms with van der Waals surface area (Å²) in [6, 6.07) is 4.58. The van der Waals surface area contributed by atoms with E-state index in [4.69, 9.17) is 4.74 Å². The summed E-state index contributed by atoms with van der Waals surface area (Å²) in [5.74, 6) is 2.20. The monoisotopic (exact) mass is 446 g/mol. The molecule has 2 rings (SSSR count). The topological polar surface area (TPSA) is 58.5 Å². The van der Waals surface area contributed by atoms with Crippen LogP contribution in [0, 0.1) is 5.92 Å². The maximum atomic E-state index is 5.90. The first-order valence-corrected chi connectivity index (χ1v) is 8.73. The molecule has 0 aliphatic heterocycles. The molecule has 0 spiro atoms. The zero-order valence-corrected chi connectivity index (χ0v) is 17.5. The predicted molar refractivity (Wildman–Crippen MR) is 110 cm³/mol. The third-order valence-corrected chi connectivity index (χ3v) is 3.61. The molecule has 2 N–H and O–H groups in total. The molecule has 0 aromatic carbocycles. The summed E-state index contributed by atoms with van der Waals surface area (Å²) in [4.78, 5) is 8.95. The van der Waals surface area contributed by atoms with Gasteiger partial charge in [0, 0.05) is 24.8 Å². The molecule has 1 aromatic heterocycles. The Hall–Kier alpha value is -1.05. The molecule has 6 heteroatoms. The molecular weight excluding hydrogens is 415 g/mol. The lowest BCUT2D eigenvalue weighted by Crippen LogP contribution is -2.38. The average molecular weight is 446 g/mol. The maximum Gasteiger partial charge on any atom is 0.213 e. The summed E-state index contributed by atoms with van der Waals surface area (Å²) in [6.07, 6.45) is 5.48. The van der Waals surface area contributed by atoms with Crippen molar-refractivity contribution in [2.24, 2.45) is 10.9 Å². The van der Waals surface area contributed by atoms with Crippen LogP contribution >= 0.6 is 24.0 Å². The molecule has 1 atom stereocenters. The van der Waals surface area contributed by atoms with Crippen molar-refractivity contribution in [1.82, 2.24) is 15.6 Å². The molecule has 5 nitrogen and oxygen atoms in total. The van der Waals surface area contributed by atoms with Gasteiger partial charge in [0.15, 0.2) is 5.96 Å². The Morgan fingerprint density at radius 1 is 1.38 bits per heavy atom. The van der Waals surface area contributed by atoms with Crippen LogP contribution in [0.15, 0.2) is 23.3 Å². The molecule has 1 aromatic rings. The number of aromatic nitrogens is 1. The smallest absolute Gasteiger partial charge is 0.213 e. The van der Waals surface area contributed by atoms with Crippen LogP contribution in [0.25, 0.3) is 0 Å². The average Bonchev–Trinajstić information content (AvgIpc) is 3.28. The van der Waals surface area contributed by atoms with Gasteiger partial charge in [-0.25, -0.2) is 9.98 Å². The Morgan fingerprint density at radius 2 is 2.12 bits per heavy atom. The van der Waals surface area contributed by atoms with Gasteiger partial charge in [-0.15, -0.1) is 24.0 Å². The number of hydrogen-bond donors (Lipinski definition) is 2. The Kier molecular flexibility index (Phi) is 9.39. The van der Waals surface area contributed by atoms with E-state index in [-0.39, 0.29) is 30.1 Å². The van der Waals surface area contributed by atoms with E-state index >= 15 is 0 Å². The van der Waals surface area contributed by atoms with Gasteiger partial charge in [0.1, 0.15) is 0 Å². The second kappa shape index (κ2) is 10.7. The van der Waals surface area contributed by atoms with Gasteiger partial charge in [-0.2, -0.15) is 0 Å². The predicted octanol–water partition coefficient (Wildman–Crippen LogP) is 3.73. The highest BCUT2D eigenvalue weighted by molar-refractivity contribution is 14.0. The minimum absolute atomic E-state index is 0. The van der Waals surface area contributed by atoms with Crippen LogP contribution in [0.1, 0.15) is 52.5 Å². The first kappa shape index (κ1) is 21.0. The molecule has 1 aliphatic rings. The van der Waals surface area contributed by atoms with Crippen molar-refractivity contribution < 1.29 is 4.74 Å². The SMILES string of the molecule is CCNC(=NCc1ccnc(OC(C)CC(C)C)c1)NC1CC1.I. The minimum atomic E-state index is 0. The molecule has 0 amide bonds. The fourth-order valence-electron chi connectivity index (χ4n) is 2.44. The van der Waals surface area contributed by atoms with Gasteiger partial charge in [0.2, 0.25) is 5.88 Å². The van der Waals surface area contributed by atoms with E-state index in [2.05, 4.69) is 48.3 Å². The molecule has 1 heterocycles. The highest BCUT2D eigenvalue weighted by Gasteiger charge is 2.22. The van der Waals surface area contributed by atoms with E-state index in [1.54, 1.807) is 6.20 Å². The lowest BCUT2D eigenvalue weighted by Gasteiger charge is -2.16. The van der Waals surface area contributed by atoms with Crippen LogP contribution in [0.3, 0.4) is 0 Å². The number of nitrogens with one attached hydrogen (secondary N) is 2. The lowest BCUT2D eigenvalue weighted by molar-refractivity contribution is 0.185. The molecule has 0 radical (unpaired) electrons. The van der Waals surface area contributed by atoms with E-state index in [1.807, 2.05) is 12.1 Å². The minimum Gasteiger partial charge on any atom is -0.475 e. The highest BCUT2D eigenvalue weighted by atomic mass is 127. The normalized spacial score (nSPS) is 15.6. The number of hydrogen-bond acceptors (Lipinski definition) is 3. The third-order valence-electron chi connectivity index (χ3n) is 3.61. The molecule has 136 valence electrons. The fraction of sp³-hybridized carbons (Fsp3) is 0.667. The molecule has 0 saturated heterocycles. The number of guanidine groups is 1. The van der Waals surface area contributed by atoms with Gasteiger partial charge in [-0.05, 0) is 50.7 Å². The van der Waals surface area contributed by atoms with Crippen molar-refractivity contribution in [3.63, 3.8) is 0 Å². The van der Waals surface area contributed by atoms with Gasteiger partial charge in [0.25, 0.3) is 0 Å². The summed E-state index contributed by atoms with van der Waals surface area (Å²) in [5.41, 5.74) is 1.11. The summed E-state index contributed by atoms with van der Waals surface area (Å²) in [5, 5.41) is 6.71. The standard InChI is InChI=1S/C18H30N4O.HI/c1-5-19-18(22-16-6-7-16)21-12-15-8-9-20-17(11-15)23-14(4)10-13(2)3;/h8-9,11,13-14,16H,5-7,10,12H2,1-4H3,(H2,19,21,22);1H. The van der Waals surface area contributed by atoms with Crippen LogP contribution in [0.2, 0.25) is 0 Å². The number of pyridine rings is 1. The fourth-order valence-corrected chi connectivity index (χ4v) is 2.44. The Morgan fingerprint density at radius 3 is 2.75 bits per heavy atom. The number of nitrogens with zero attached hydrogens (tertiary/aromatic N) is 2. The summed E-state index contributed by atoms with van der Waals surface area (Å²) in [6.45, 7) is 10.1. The number of rotatable bonds is 8. The zero-order chi connectivity index (χ0) is 16.7. The van der Waals surface area contributed by atoms with Crippen molar-refractivity contribution in [2.75, 3.05) is 6.54 Å². The van der Waals surface area contributed by atoms with Gasteiger partial charge >= 0.3 is 0 Å². The molecule has 1 fully saturated rings. The number of ether oxygens (including phenoxy) is 1. The van der Waals surface area contributed by atoms with Gasteiger partial charge < -0.3 is 15.4 Å². The summed E-state index contributed by atoms with van der Waals surface area (Å²) >= 11 is 0. The lowest BCUT2D eigenvalue weighted by atomic mass is 10.1. The van der Waals surface area contributed by atoms with E-state index in [0.29, 0.717) is 24.4 Å². The Balaban J connectivity index is 0.00000288. The van der Waals surface area contributed by atoms with Crippen molar-refractivity contribution in [3.05, 3.63) is 23.9 Å². The van der Waals surface area contributed by atoms with E-state index in [1.165, 1.54) is 12.8 Å². The van der Waals surface area contributed by atoms with Crippen molar-refractivity contribution in [3.8, 4) is 5.88 Å². The molecule has 1 saturated carbocycles. The van der Waals surface area contributed by atoms with Crippen LogP contribution in [-0.4, -0.2) is 29.6 Å². The van der Waals surface area contributed by atoms with Crippen LogP contribution in [0.4, 0.5) is 0 Å². The second-order valence-electron chi connectivity index (χ2n) is 6.67. The molecule has 24 heavy (non-hydrogen) atoms. The largest absolute Gasteiger partial charge is 0.475 e. The van der Waals surface area contributed by atoms with Crippen molar-refractivity contribution in [2.45, 2.75) is 65.6 Å².